The number of fused-ring (bicyclic) bond motifs is 1. The van der Waals surface area contributed by atoms with Crippen molar-refractivity contribution in [2.75, 3.05) is 0 Å². The summed E-state index contributed by atoms with van der Waals surface area (Å²) >= 11 is 1.79. The van der Waals surface area contributed by atoms with Crippen LogP contribution in [0.1, 0.15) is 4.88 Å². The molecule has 2 heteroatoms. The van der Waals surface area contributed by atoms with Crippen LogP contribution in [0.2, 0.25) is 0 Å². The number of hydrogen-bond donors (Lipinski definition) is 0. The zero-order chi connectivity index (χ0) is 11.5. The molecule has 0 spiro atoms. The van der Waals surface area contributed by atoms with Crippen LogP contribution in [0.5, 0.6) is 5.75 Å². The minimum atomic E-state index is 0.642. The normalized spacial score (nSPS) is 10.6. The van der Waals surface area contributed by atoms with Gasteiger partial charge >= 0.3 is 0 Å². The summed E-state index contributed by atoms with van der Waals surface area (Å²) in [6, 6.07) is 20.5. The van der Waals surface area contributed by atoms with Crippen LogP contribution >= 0.6 is 11.3 Å². The van der Waals surface area contributed by atoms with Crippen LogP contribution in [0.4, 0.5) is 0 Å². The Labute approximate surface area is 104 Å². The molecule has 1 nitrogen and oxygen atoms in total. The lowest BCUT2D eigenvalue weighted by Crippen LogP contribution is -1.91. The standard InChI is InChI=1S/C15H12OS/c1-2-7-13(8-3-1)16-11-14-10-12-6-4-5-9-15(12)17-14/h1-10H,11H2. The quantitative estimate of drug-likeness (QED) is 0.656. The van der Waals surface area contributed by atoms with Crippen molar-refractivity contribution in [3.05, 3.63) is 65.5 Å². The second-order valence-electron chi connectivity index (χ2n) is 3.85. The van der Waals surface area contributed by atoms with Crippen molar-refractivity contribution in [1.82, 2.24) is 0 Å². The maximum Gasteiger partial charge on any atom is 0.122 e. The first-order valence-corrected chi connectivity index (χ1v) is 6.39. The van der Waals surface area contributed by atoms with Crippen molar-refractivity contribution in [3.8, 4) is 5.75 Å². The van der Waals surface area contributed by atoms with Crippen LogP contribution in [-0.4, -0.2) is 0 Å². The second-order valence-corrected chi connectivity index (χ2v) is 5.02. The van der Waals surface area contributed by atoms with Gasteiger partial charge in [0.2, 0.25) is 0 Å². The maximum atomic E-state index is 5.73. The summed E-state index contributed by atoms with van der Waals surface area (Å²) in [6.45, 7) is 0.642. The van der Waals surface area contributed by atoms with Crippen LogP contribution < -0.4 is 4.74 Å². The van der Waals surface area contributed by atoms with Crippen molar-refractivity contribution in [2.45, 2.75) is 6.61 Å². The van der Waals surface area contributed by atoms with Crippen molar-refractivity contribution < 1.29 is 4.74 Å². The first kappa shape index (κ1) is 10.4. The van der Waals surface area contributed by atoms with E-state index >= 15 is 0 Å². The zero-order valence-corrected chi connectivity index (χ0v) is 10.1. The van der Waals surface area contributed by atoms with E-state index in [0.717, 1.165) is 5.75 Å². The van der Waals surface area contributed by atoms with Crippen LogP contribution in [0.15, 0.2) is 60.7 Å². The van der Waals surface area contributed by atoms with E-state index < -0.39 is 0 Å². The van der Waals surface area contributed by atoms with Gasteiger partial charge in [0.05, 0.1) is 0 Å². The predicted molar refractivity (Wildman–Crippen MR) is 72.6 cm³/mol. The Kier molecular flexibility index (Phi) is 2.80. The Morgan fingerprint density at radius 2 is 1.65 bits per heavy atom. The molecule has 0 saturated heterocycles. The first-order chi connectivity index (χ1) is 8.42. The van der Waals surface area contributed by atoms with Gasteiger partial charge in [0.1, 0.15) is 12.4 Å². The summed E-state index contributed by atoms with van der Waals surface area (Å²) < 4.78 is 7.05. The van der Waals surface area contributed by atoms with Crippen LogP contribution in [-0.2, 0) is 6.61 Å². The molecule has 1 aromatic heterocycles. The Bertz CT molecular complexity index is 580. The topological polar surface area (TPSA) is 9.23 Å². The molecule has 0 N–H and O–H groups in total. The van der Waals surface area contributed by atoms with Gasteiger partial charge in [-0.25, -0.2) is 0 Å². The molecule has 0 fully saturated rings. The van der Waals surface area contributed by atoms with E-state index in [4.69, 9.17) is 4.74 Å². The number of para-hydroxylation sites is 1. The molecule has 0 amide bonds. The maximum absolute atomic E-state index is 5.73. The second kappa shape index (κ2) is 4.60. The van der Waals surface area contributed by atoms with E-state index in [1.54, 1.807) is 11.3 Å². The van der Waals surface area contributed by atoms with Crippen LogP contribution in [0, 0.1) is 0 Å². The first-order valence-electron chi connectivity index (χ1n) is 5.57. The lowest BCUT2D eigenvalue weighted by atomic mass is 10.2. The lowest BCUT2D eigenvalue weighted by molar-refractivity contribution is 0.310. The van der Waals surface area contributed by atoms with Crippen molar-refractivity contribution >= 4 is 21.4 Å². The smallest absolute Gasteiger partial charge is 0.122 e. The third-order valence-corrected chi connectivity index (χ3v) is 3.69. The molecular formula is C15H12OS. The molecule has 0 aliphatic rings. The Hall–Kier alpha value is -1.80. The molecule has 3 aromatic rings. The van der Waals surface area contributed by atoms with Crippen molar-refractivity contribution in [3.63, 3.8) is 0 Å². The number of ether oxygens (including phenoxy) is 1. The average molecular weight is 240 g/mol. The molecule has 2 aromatic carbocycles. The Morgan fingerprint density at radius 3 is 2.47 bits per heavy atom. The molecule has 0 aliphatic carbocycles. The fraction of sp³-hybridized carbons (Fsp3) is 0.0667. The third kappa shape index (κ3) is 2.32. The van der Waals surface area contributed by atoms with Gasteiger partial charge < -0.3 is 4.74 Å². The molecular weight excluding hydrogens is 228 g/mol. The molecule has 0 aliphatic heterocycles. The monoisotopic (exact) mass is 240 g/mol. The molecule has 0 radical (unpaired) electrons. The van der Waals surface area contributed by atoms with Gasteiger partial charge in [0.25, 0.3) is 0 Å². The summed E-state index contributed by atoms with van der Waals surface area (Å²) in [5.74, 6) is 0.921. The van der Waals surface area contributed by atoms with Gasteiger partial charge in [0, 0.05) is 9.58 Å². The SMILES string of the molecule is c1ccc(OCc2cc3ccccc3s2)cc1. The van der Waals surface area contributed by atoms with Gasteiger partial charge in [-0.3, -0.25) is 0 Å². The van der Waals surface area contributed by atoms with Gasteiger partial charge in [-0.05, 0) is 29.7 Å². The highest BCUT2D eigenvalue weighted by Gasteiger charge is 2.01. The minimum Gasteiger partial charge on any atom is -0.488 e. The largest absolute Gasteiger partial charge is 0.488 e. The summed E-state index contributed by atoms with van der Waals surface area (Å²) in [7, 11) is 0. The lowest BCUT2D eigenvalue weighted by Gasteiger charge is -2.02. The number of hydrogen-bond acceptors (Lipinski definition) is 2. The molecule has 1 heterocycles. The third-order valence-electron chi connectivity index (χ3n) is 2.60. The number of benzene rings is 2. The summed E-state index contributed by atoms with van der Waals surface area (Å²) in [5, 5.41) is 1.30. The molecule has 3 rings (SSSR count). The zero-order valence-electron chi connectivity index (χ0n) is 9.30. The van der Waals surface area contributed by atoms with Gasteiger partial charge in [0.15, 0.2) is 0 Å². The van der Waals surface area contributed by atoms with Crippen LogP contribution in [0.25, 0.3) is 10.1 Å². The van der Waals surface area contributed by atoms with E-state index in [1.807, 2.05) is 30.3 Å². The van der Waals surface area contributed by atoms with E-state index in [1.165, 1.54) is 15.0 Å². The van der Waals surface area contributed by atoms with Gasteiger partial charge in [-0.15, -0.1) is 11.3 Å². The van der Waals surface area contributed by atoms with Gasteiger partial charge in [-0.2, -0.15) is 0 Å². The minimum absolute atomic E-state index is 0.642. The Balaban J connectivity index is 1.77. The molecule has 84 valence electrons. The fourth-order valence-electron chi connectivity index (χ4n) is 1.78. The van der Waals surface area contributed by atoms with E-state index in [-0.39, 0.29) is 0 Å². The predicted octanol–water partition coefficient (Wildman–Crippen LogP) is 4.48. The molecule has 0 unspecified atom stereocenters. The molecule has 0 bridgehead atoms. The summed E-state index contributed by atoms with van der Waals surface area (Å²) in [6.07, 6.45) is 0. The highest BCUT2D eigenvalue weighted by molar-refractivity contribution is 7.19. The Morgan fingerprint density at radius 1 is 0.882 bits per heavy atom. The van der Waals surface area contributed by atoms with Gasteiger partial charge in [-0.1, -0.05) is 36.4 Å². The number of thiophene rings is 1. The summed E-state index contributed by atoms with van der Waals surface area (Å²) in [5.41, 5.74) is 0. The van der Waals surface area contributed by atoms with E-state index in [0.29, 0.717) is 6.61 Å². The van der Waals surface area contributed by atoms with E-state index in [2.05, 4.69) is 30.3 Å². The molecule has 17 heavy (non-hydrogen) atoms. The van der Waals surface area contributed by atoms with Crippen molar-refractivity contribution in [2.24, 2.45) is 0 Å². The molecule has 0 atom stereocenters. The van der Waals surface area contributed by atoms with E-state index in [9.17, 15) is 0 Å². The highest BCUT2D eigenvalue weighted by Crippen LogP contribution is 2.26. The fourth-order valence-corrected chi connectivity index (χ4v) is 2.76. The highest BCUT2D eigenvalue weighted by atomic mass is 32.1. The molecule has 0 saturated carbocycles. The number of rotatable bonds is 3. The van der Waals surface area contributed by atoms with Crippen molar-refractivity contribution in [1.29, 1.82) is 0 Å². The average Bonchev–Trinajstić information content (AvgIpc) is 2.80. The summed E-state index contributed by atoms with van der Waals surface area (Å²) in [4.78, 5) is 1.26. The van der Waals surface area contributed by atoms with Crippen LogP contribution in [0.3, 0.4) is 0 Å².